The molecule has 2 rings (SSSR count). The maximum Gasteiger partial charge on any atom is 0.178 e. The lowest BCUT2D eigenvalue weighted by Crippen LogP contribution is -2.44. The summed E-state index contributed by atoms with van der Waals surface area (Å²) >= 11 is 0. The van der Waals surface area contributed by atoms with Crippen LogP contribution in [-0.2, 0) is 9.84 Å². The Balaban J connectivity index is 2.36. The van der Waals surface area contributed by atoms with Gasteiger partial charge in [0.05, 0.1) is 22.9 Å². The van der Waals surface area contributed by atoms with Crippen LogP contribution in [0.2, 0.25) is 0 Å². The number of fused-ring (bicyclic) bond motifs is 1. The van der Waals surface area contributed by atoms with Crippen LogP contribution < -0.4 is 10.1 Å². The van der Waals surface area contributed by atoms with E-state index in [0.29, 0.717) is 11.4 Å². The maximum atomic E-state index is 11.9. The van der Waals surface area contributed by atoms with Crippen molar-refractivity contribution in [3.8, 4) is 5.75 Å². The molecule has 0 unspecified atom stereocenters. The van der Waals surface area contributed by atoms with E-state index >= 15 is 0 Å². The van der Waals surface area contributed by atoms with Gasteiger partial charge in [-0.15, -0.1) is 0 Å². The van der Waals surface area contributed by atoms with Gasteiger partial charge in [0.15, 0.2) is 9.84 Å². The summed E-state index contributed by atoms with van der Waals surface area (Å²) in [7, 11) is -3.17. The van der Waals surface area contributed by atoms with Crippen molar-refractivity contribution in [1.29, 1.82) is 0 Å². The van der Waals surface area contributed by atoms with Gasteiger partial charge in [-0.3, -0.25) is 0 Å². The van der Waals surface area contributed by atoms with E-state index in [-0.39, 0.29) is 11.4 Å². The number of anilines is 1. The molecule has 1 aromatic rings. The molecule has 0 aliphatic carbocycles. The van der Waals surface area contributed by atoms with Gasteiger partial charge in [0.2, 0.25) is 0 Å². The van der Waals surface area contributed by atoms with Crippen molar-refractivity contribution in [2.75, 3.05) is 17.6 Å². The van der Waals surface area contributed by atoms with Crippen LogP contribution in [0.15, 0.2) is 23.1 Å². The predicted molar refractivity (Wildman–Crippen MR) is 76.6 cm³/mol. The number of ether oxygens (including phenoxy) is 1. The molecule has 0 atom stereocenters. The lowest BCUT2D eigenvalue weighted by Gasteiger charge is -2.38. The van der Waals surface area contributed by atoms with Crippen molar-refractivity contribution < 1.29 is 13.2 Å². The zero-order valence-electron chi connectivity index (χ0n) is 11.7. The number of hydrogen-bond acceptors (Lipinski definition) is 4. The fourth-order valence-electron chi connectivity index (χ4n) is 2.27. The smallest absolute Gasteiger partial charge is 0.178 e. The lowest BCUT2D eigenvalue weighted by molar-refractivity contribution is 0.0670. The summed E-state index contributed by atoms with van der Waals surface area (Å²) in [4.78, 5) is 0.352. The average molecular weight is 283 g/mol. The van der Waals surface area contributed by atoms with E-state index in [2.05, 4.69) is 19.2 Å². The molecule has 5 heteroatoms. The first kappa shape index (κ1) is 14.2. The third-order valence-corrected chi connectivity index (χ3v) is 5.64. The predicted octanol–water partition coefficient (Wildman–Crippen LogP) is 2.84. The summed E-state index contributed by atoms with van der Waals surface area (Å²) in [5.41, 5.74) is 0.588. The van der Waals surface area contributed by atoms with Gasteiger partial charge >= 0.3 is 0 Å². The quantitative estimate of drug-likeness (QED) is 0.923. The topological polar surface area (TPSA) is 55.4 Å². The first-order valence-electron chi connectivity index (χ1n) is 6.76. The van der Waals surface area contributed by atoms with Crippen molar-refractivity contribution in [3.63, 3.8) is 0 Å². The third kappa shape index (κ3) is 2.56. The van der Waals surface area contributed by atoms with Gasteiger partial charge in [0.1, 0.15) is 11.4 Å². The third-order valence-electron chi connectivity index (χ3n) is 3.91. The molecule has 0 fully saturated rings. The van der Waals surface area contributed by atoms with Crippen molar-refractivity contribution in [2.45, 2.75) is 44.1 Å². The Morgan fingerprint density at radius 1 is 1.26 bits per heavy atom. The monoisotopic (exact) mass is 283 g/mol. The molecule has 0 bridgehead atoms. The van der Waals surface area contributed by atoms with Crippen LogP contribution in [-0.4, -0.2) is 26.3 Å². The van der Waals surface area contributed by atoms with Crippen LogP contribution in [0.5, 0.6) is 5.75 Å². The van der Waals surface area contributed by atoms with Crippen LogP contribution in [0, 0.1) is 0 Å². The van der Waals surface area contributed by atoms with Crippen molar-refractivity contribution in [2.24, 2.45) is 0 Å². The van der Waals surface area contributed by atoms with Crippen molar-refractivity contribution in [3.05, 3.63) is 18.2 Å². The van der Waals surface area contributed by atoms with Gasteiger partial charge in [-0.1, -0.05) is 20.8 Å². The van der Waals surface area contributed by atoms with Gasteiger partial charge in [-0.05, 0) is 31.0 Å². The first-order valence-corrected chi connectivity index (χ1v) is 8.41. The van der Waals surface area contributed by atoms with Crippen LogP contribution >= 0.6 is 0 Å². The zero-order valence-corrected chi connectivity index (χ0v) is 12.5. The second kappa shape index (κ2) is 5.04. The fraction of sp³-hybridized carbons (Fsp3) is 0.571. The average Bonchev–Trinajstić information content (AvgIpc) is 2.46. The number of benzene rings is 1. The van der Waals surface area contributed by atoms with E-state index in [1.54, 1.807) is 25.1 Å². The number of hydrogen-bond donors (Lipinski definition) is 1. The molecule has 0 spiro atoms. The number of sulfone groups is 1. The highest BCUT2D eigenvalue weighted by Gasteiger charge is 2.33. The van der Waals surface area contributed by atoms with Gasteiger partial charge < -0.3 is 10.1 Å². The molecular formula is C14H21NO3S. The molecule has 1 N–H and O–H groups in total. The van der Waals surface area contributed by atoms with Gasteiger partial charge in [0.25, 0.3) is 0 Å². The SMILES string of the molecule is CCC1(CC)CNc2cc(S(=O)(=O)CC)ccc2O1. The molecule has 4 nitrogen and oxygen atoms in total. The first-order chi connectivity index (χ1) is 8.96. The summed E-state index contributed by atoms with van der Waals surface area (Å²) in [6.07, 6.45) is 1.84. The Kier molecular flexibility index (Phi) is 3.76. The number of nitrogens with one attached hydrogen (secondary N) is 1. The lowest BCUT2D eigenvalue weighted by atomic mass is 9.95. The maximum absolute atomic E-state index is 11.9. The van der Waals surface area contributed by atoms with E-state index < -0.39 is 9.84 Å². The van der Waals surface area contributed by atoms with E-state index in [0.717, 1.165) is 24.3 Å². The zero-order chi connectivity index (χ0) is 14.1. The molecule has 0 amide bonds. The Morgan fingerprint density at radius 2 is 1.95 bits per heavy atom. The Bertz CT molecular complexity index is 562. The summed E-state index contributed by atoms with van der Waals surface area (Å²) in [6, 6.07) is 5.05. The summed E-state index contributed by atoms with van der Waals surface area (Å²) in [5.74, 6) is 0.852. The summed E-state index contributed by atoms with van der Waals surface area (Å²) in [5, 5.41) is 3.30. The highest BCUT2D eigenvalue weighted by molar-refractivity contribution is 7.91. The molecule has 0 aromatic heterocycles. The van der Waals surface area contributed by atoms with Crippen LogP contribution in [0.25, 0.3) is 0 Å². The Morgan fingerprint density at radius 3 is 2.53 bits per heavy atom. The standard InChI is InChI=1S/C14H21NO3S/c1-4-14(5-2)10-15-12-9-11(19(16,17)6-3)7-8-13(12)18-14/h7-9,15H,4-6,10H2,1-3H3. The molecule has 0 radical (unpaired) electrons. The minimum Gasteiger partial charge on any atom is -0.483 e. The van der Waals surface area contributed by atoms with Crippen LogP contribution in [0.3, 0.4) is 0 Å². The second-order valence-corrected chi connectivity index (χ2v) is 7.19. The molecular weight excluding hydrogens is 262 g/mol. The molecule has 1 aromatic carbocycles. The second-order valence-electron chi connectivity index (χ2n) is 4.91. The van der Waals surface area contributed by atoms with E-state index in [9.17, 15) is 8.42 Å². The van der Waals surface area contributed by atoms with Crippen LogP contribution in [0.1, 0.15) is 33.6 Å². The fourth-order valence-corrected chi connectivity index (χ4v) is 3.17. The van der Waals surface area contributed by atoms with Gasteiger partial charge in [-0.2, -0.15) is 0 Å². The normalized spacial score (nSPS) is 17.2. The Hall–Kier alpha value is -1.23. The highest BCUT2D eigenvalue weighted by atomic mass is 32.2. The molecule has 19 heavy (non-hydrogen) atoms. The van der Waals surface area contributed by atoms with Gasteiger partial charge in [-0.25, -0.2) is 8.42 Å². The highest BCUT2D eigenvalue weighted by Crippen LogP contribution is 2.37. The van der Waals surface area contributed by atoms with E-state index in [4.69, 9.17) is 4.74 Å². The molecule has 0 saturated heterocycles. The van der Waals surface area contributed by atoms with Gasteiger partial charge in [0, 0.05) is 0 Å². The molecule has 0 saturated carbocycles. The van der Waals surface area contributed by atoms with Crippen molar-refractivity contribution >= 4 is 15.5 Å². The largest absolute Gasteiger partial charge is 0.483 e. The molecule has 106 valence electrons. The molecule has 1 aliphatic rings. The number of rotatable bonds is 4. The minimum absolute atomic E-state index is 0.112. The van der Waals surface area contributed by atoms with Crippen LogP contribution in [0.4, 0.5) is 5.69 Å². The van der Waals surface area contributed by atoms with Crippen molar-refractivity contribution in [1.82, 2.24) is 0 Å². The van der Waals surface area contributed by atoms with E-state index in [1.807, 2.05) is 0 Å². The Labute approximate surface area is 115 Å². The summed E-state index contributed by atoms with van der Waals surface area (Å²) < 4.78 is 29.8. The molecule has 1 aliphatic heterocycles. The minimum atomic E-state index is -3.17. The molecule has 1 heterocycles. The van der Waals surface area contributed by atoms with E-state index in [1.165, 1.54) is 0 Å². The summed E-state index contributed by atoms with van der Waals surface area (Å²) in [6.45, 7) is 6.57.